The van der Waals surface area contributed by atoms with Crippen LogP contribution in [0.25, 0.3) is 10.9 Å². The monoisotopic (exact) mass is 333 g/mol. The highest BCUT2D eigenvalue weighted by Crippen LogP contribution is 2.30. The highest BCUT2D eigenvalue weighted by Gasteiger charge is 2.25. The lowest BCUT2D eigenvalue weighted by atomic mass is 9.87. The summed E-state index contributed by atoms with van der Waals surface area (Å²) in [6.07, 6.45) is 5.86. The molecule has 4 nitrogen and oxygen atoms in total. The number of benzene rings is 2. The van der Waals surface area contributed by atoms with E-state index in [0.29, 0.717) is 6.42 Å². The van der Waals surface area contributed by atoms with Crippen molar-refractivity contribution >= 4 is 16.8 Å². The Hall–Kier alpha value is -2.59. The maximum absolute atomic E-state index is 12.1. The second-order valence-corrected chi connectivity index (χ2v) is 6.83. The Bertz CT molecular complexity index is 899. The molecule has 2 aromatic carbocycles. The third kappa shape index (κ3) is 3.17. The van der Waals surface area contributed by atoms with E-state index in [1.54, 1.807) is 0 Å². The summed E-state index contributed by atoms with van der Waals surface area (Å²) in [7, 11) is 0. The molecule has 1 aliphatic rings. The molecule has 0 bridgehead atoms. The molecule has 3 aromatic rings. The van der Waals surface area contributed by atoms with Gasteiger partial charge in [0, 0.05) is 23.1 Å². The van der Waals surface area contributed by atoms with Crippen LogP contribution in [0.2, 0.25) is 0 Å². The molecule has 4 rings (SSSR count). The molecule has 4 N–H and O–H groups in total. The van der Waals surface area contributed by atoms with E-state index in [-0.39, 0.29) is 18.0 Å². The van der Waals surface area contributed by atoms with Gasteiger partial charge in [0.25, 0.3) is 0 Å². The first-order valence-electron chi connectivity index (χ1n) is 8.90. The summed E-state index contributed by atoms with van der Waals surface area (Å²) in [6.45, 7) is 0. The van der Waals surface area contributed by atoms with Crippen LogP contribution < -0.4 is 11.1 Å². The van der Waals surface area contributed by atoms with Crippen LogP contribution >= 0.6 is 0 Å². The zero-order valence-electron chi connectivity index (χ0n) is 14.2. The van der Waals surface area contributed by atoms with Crippen LogP contribution in [0.1, 0.15) is 35.6 Å². The first-order chi connectivity index (χ1) is 12.2. The lowest BCUT2D eigenvalue weighted by molar-refractivity contribution is -0.120. The van der Waals surface area contributed by atoms with E-state index >= 15 is 0 Å². The topological polar surface area (TPSA) is 70.9 Å². The predicted molar refractivity (Wildman–Crippen MR) is 100 cm³/mol. The Morgan fingerprint density at radius 3 is 2.88 bits per heavy atom. The normalized spacial score (nSPS) is 18.0. The molecule has 1 amide bonds. The second kappa shape index (κ2) is 6.73. The van der Waals surface area contributed by atoms with Crippen LogP contribution in [0.4, 0.5) is 0 Å². The number of carbonyl (C=O) groups excluding carboxylic acids is 1. The average molecular weight is 333 g/mol. The number of nitrogens with two attached hydrogens (primary N) is 1. The minimum Gasteiger partial charge on any atom is -0.368 e. The Labute approximate surface area is 147 Å². The molecule has 0 aliphatic heterocycles. The molecule has 0 radical (unpaired) electrons. The van der Waals surface area contributed by atoms with Gasteiger partial charge in [-0.25, -0.2) is 0 Å². The quantitative estimate of drug-likeness (QED) is 0.671. The highest BCUT2D eigenvalue weighted by molar-refractivity contribution is 5.85. The van der Waals surface area contributed by atoms with Crippen molar-refractivity contribution in [2.45, 2.75) is 37.8 Å². The number of hydrogen-bond acceptors (Lipinski definition) is 2. The molecule has 4 heteroatoms. The van der Waals surface area contributed by atoms with Gasteiger partial charge in [0.05, 0.1) is 6.04 Å². The number of hydrogen-bond donors (Lipinski definition) is 3. The fourth-order valence-corrected chi connectivity index (χ4v) is 3.93. The third-order valence-electron chi connectivity index (χ3n) is 5.21. The van der Waals surface area contributed by atoms with Crippen LogP contribution in [0, 0.1) is 0 Å². The summed E-state index contributed by atoms with van der Waals surface area (Å²) < 4.78 is 0. The van der Waals surface area contributed by atoms with E-state index in [0.717, 1.165) is 35.7 Å². The lowest BCUT2D eigenvalue weighted by Gasteiger charge is -2.29. The van der Waals surface area contributed by atoms with E-state index in [9.17, 15) is 4.79 Å². The van der Waals surface area contributed by atoms with Crippen molar-refractivity contribution in [3.8, 4) is 0 Å². The summed E-state index contributed by atoms with van der Waals surface area (Å²) in [5.74, 6) is -0.298. The Morgan fingerprint density at radius 2 is 2.00 bits per heavy atom. The van der Waals surface area contributed by atoms with Crippen LogP contribution in [-0.4, -0.2) is 16.9 Å². The van der Waals surface area contributed by atoms with Gasteiger partial charge < -0.3 is 10.7 Å². The Kier molecular flexibility index (Phi) is 4.28. The number of nitrogens with one attached hydrogen (secondary N) is 2. The van der Waals surface area contributed by atoms with Crippen molar-refractivity contribution in [1.29, 1.82) is 0 Å². The average Bonchev–Trinajstić information content (AvgIpc) is 3.04. The number of carbonyl (C=O) groups is 1. The zero-order valence-corrected chi connectivity index (χ0v) is 14.2. The van der Waals surface area contributed by atoms with E-state index in [1.807, 2.05) is 24.4 Å². The summed E-state index contributed by atoms with van der Waals surface area (Å²) in [5, 5.41) is 4.68. The van der Waals surface area contributed by atoms with Crippen molar-refractivity contribution in [2.24, 2.45) is 5.73 Å². The van der Waals surface area contributed by atoms with Gasteiger partial charge in [0.1, 0.15) is 0 Å². The molecule has 1 heterocycles. The van der Waals surface area contributed by atoms with Gasteiger partial charge in [-0.2, -0.15) is 0 Å². The molecule has 0 saturated carbocycles. The van der Waals surface area contributed by atoms with Crippen molar-refractivity contribution in [2.75, 3.05) is 0 Å². The van der Waals surface area contributed by atoms with Gasteiger partial charge in [-0.1, -0.05) is 42.5 Å². The smallest absolute Gasteiger partial charge is 0.234 e. The molecule has 25 heavy (non-hydrogen) atoms. The number of aromatic nitrogens is 1. The van der Waals surface area contributed by atoms with Crippen molar-refractivity contribution in [1.82, 2.24) is 10.3 Å². The molecule has 2 atom stereocenters. The summed E-state index contributed by atoms with van der Waals surface area (Å²) >= 11 is 0. The van der Waals surface area contributed by atoms with Crippen molar-refractivity contribution < 1.29 is 4.79 Å². The maximum Gasteiger partial charge on any atom is 0.234 e. The van der Waals surface area contributed by atoms with Crippen LogP contribution in [-0.2, 0) is 17.6 Å². The number of para-hydroxylation sites is 1. The molecule has 1 unspecified atom stereocenters. The first kappa shape index (κ1) is 15.9. The summed E-state index contributed by atoms with van der Waals surface area (Å²) in [6, 6.07) is 16.4. The lowest BCUT2D eigenvalue weighted by Crippen LogP contribution is -2.45. The Balaban J connectivity index is 1.58. The molecule has 0 fully saturated rings. The zero-order chi connectivity index (χ0) is 17.2. The van der Waals surface area contributed by atoms with E-state index in [4.69, 9.17) is 5.73 Å². The van der Waals surface area contributed by atoms with Crippen molar-refractivity contribution in [3.05, 3.63) is 71.4 Å². The molecule has 0 saturated heterocycles. The number of fused-ring (bicyclic) bond motifs is 2. The number of aromatic amines is 1. The van der Waals surface area contributed by atoms with Crippen LogP contribution in [0.15, 0.2) is 54.7 Å². The Morgan fingerprint density at radius 1 is 1.20 bits per heavy atom. The van der Waals surface area contributed by atoms with E-state index in [1.165, 1.54) is 11.1 Å². The SMILES string of the molecule is NC(=O)[C@H](Cc1c[nH]c2ccccc12)NC1CCCc2ccccc21. The molecular formula is C21H23N3O. The molecule has 1 aliphatic carbocycles. The van der Waals surface area contributed by atoms with Crippen LogP contribution in [0.3, 0.4) is 0 Å². The largest absolute Gasteiger partial charge is 0.368 e. The minimum atomic E-state index is -0.379. The van der Waals surface area contributed by atoms with Crippen molar-refractivity contribution in [3.63, 3.8) is 0 Å². The van der Waals surface area contributed by atoms with E-state index in [2.05, 4.69) is 40.6 Å². The second-order valence-electron chi connectivity index (χ2n) is 6.83. The summed E-state index contributed by atoms with van der Waals surface area (Å²) in [4.78, 5) is 15.4. The van der Waals surface area contributed by atoms with Gasteiger partial charge in [0.15, 0.2) is 0 Å². The maximum atomic E-state index is 12.1. The number of aryl methyl sites for hydroxylation is 1. The van der Waals surface area contributed by atoms with Gasteiger partial charge >= 0.3 is 0 Å². The van der Waals surface area contributed by atoms with Gasteiger partial charge in [0.2, 0.25) is 5.91 Å². The molecular weight excluding hydrogens is 310 g/mol. The number of H-pyrrole nitrogens is 1. The number of primary amides is 1. The molecule has 128 valence electrons. The summed E-state index contributed by atoms with van der Waals surface area (Å²) in [5.41, 5.74) is 10.6. The first-order valence-corrected chi connectivity index (χ1v) is 8.90. The highest BCUT2D eigenvalue weighted by atomic mass is 16.1. The van der Waals surface area contributed by atoms with Gasteiger partial charge in [-0.3, -0.25) is 10.1 Å². The van der Waals surface area contributed by atoms with E-state index < -0.39 is 0 Å². The third-order valence-corrected chi connectivity index (χ3v) is 5.21. The van der Waals surface area contributed by atoms with Gasteiger partial charge in [-0.15, -0.1) is 0 Å². The number of rotatable bonds is 5. The predicted octanol–water partition coefficient (Wildman–Crippen LogP) is 3.23. The van der Waals surface area contributed by atoms with Crippen LogP contribution in [0.5, 0.6) is 0 Å². The molecule has 1 aromatic heterocycles. The minimum absolute atomic E-state index is 0.188. The fraction of sp³-hybridized carbons (Fsp3) is 0.286. The van der Waals surface area contributed by atoms with Gasteiger partial charge in [-0.05, 0) is 48.4 Å². The number of amides is 1. The molecule has 0 spiro atoms. The fourth-order valence-electron chi connectivity index (χ4n) is 3.93. The standard InChI is InChI=1S/C21H23N3O/c22-21(25)20(12-15-13-23-18-10-4-3-9-17(15)18)24-19-11-5-7-14-6-1-2-8-16(14)19/h1-4,6,8-10,13,19-20,23-24H,5,7,11-12H2,(H2,22,25)/t19?,20-/m0/s1.